The predicted octanol–water partition coefficient (Wildman–Crippen LogP) is 4.70. The lowest BCUT2D eigenvalue weighted by atomic mass is 10.2. The molecular weight excluding hydrogens is 316 g/mol. The van der Waals surface area contributed by atoms with E-state index in [1.165, 1.54) is 6.20 Å². The predicted molar refractivity (Wildman–Crippen MR) is 75.8 cm³/mol. The van der Waals surface area contributed by atoms with Gasteiger partial charge in [-0.15, -0.1) is 0 Å². The molecule has 3 nitrogen and oxygen atoms in total. The number of halogens is 4. The van der Waals surface area contributed by atoms with Crippen molar-refractivity contribution in [3.63, 3.8) is 0 Å². The zero-order chi connectivity index (χ0) is 13.1. The molecule has 0 aliphatic rings. The van der Waals surface area contributed by atoms with Gasteiger partial charge in [-0.25, -0.2) is 4.98 Å². The Morgan fingerprint density at radius 1 is 1.06 bits per heavy atom. The molecule has 2 aromatic rings. The fourth-order valence-corrected chi connectivity index (χ4v) is 2.08. The number of aromatic nitrogens is 2. The van der Waals surface area contributed by atoms with Crippen molar-refractivity contribution in [3.05, 3.63) is 50.3 Å². The number of hydrogen-bond acceptors (Lipinski definition) is 3. The molecule has 1 aromatic carbocycles. The van der Waals surface area contributed by atoms with Crippen LogP contribution in [-0.4, -0.2) is 9.97 Å². The molecule has 0 radical (unpaired) electrons. The average Bonchev–Trinajstić information content (AvgIpc) is 2.32. The van der Waals surface area contributed by atoms with Crippen molar-refractivity contribution in [1.29, 1.82) is 0 Å². The zero-order valence-corrected chi connectivity index (χ0v) is 11.9. The van der Waals surface area contributed by atoms with Crippen molar-refractivity contribution in [2.24, 2.45) is 0 Å². The van der Waals surface area contributed by atoms with Crippen molar-refractivity contribution in [3.8, 4) is 0 Å². The highest BCUT2D eigenvalue weighted by Gasteiger charge is 2.06. The van der Waals surface area contributed by atoms with Gasteiger partial charge in [0.25, 0.3) is 0 Å². The lowest BCUT2D eigenvalue weighted by Gasteiger charge is -2.08. The van der Waals surface area contributed by atoms with Crippen molar-refractivity contribution < 1.29 is 0 Å². The number of hydrogen-bond donors (Lipinski definition) is 1. The summed E-state index contributed by atoms with van der Waals surface area (Å²) in [6.07, 6.45) is 1.43. The van der Waals surface area contributed by atoms with Crippen LogP contribution in [0.25, 0.3) is 0 Å². The Kier molecular flexibility index (Phi) is 4.51. The minimum Gasteiger partial charge on any atom is -0.365 e. The SMILES string of the molecule is Clc1ccc(CNc2nc(Cl)ncc2Cl)c(Cl)c1. The molecule has 1 N–H and O–H groups in total. The maximum atomic E-state index is 6.05. The van der Waals surface area contributed by atoms with Crippen molar-refractivity contribution >= 4 is 52.2 Å². The molecule has 0 saturated heterocycles. The summed E-state index contributed by atoms with van der Waals surface area (Å²) in [7, 11) is 0. The van der Waals surface area contributed by atoms with Crippen LogP contribution in [0, 0.1) is 0 Å². The maximum Gasteiger partial charge on any atom is 0.224 e. The van der Waals surface area contributed by atoms with Crippen LogP contribution in [0.5, 0.6) is 0 Å². The van der Waals surface area contributed by atoms with E-state index in [2.05, 4.69) is 15.3 Å². The topological polar surface area (TPSA) is 37.8 Å². The van der Waals surface area contributed by atoms with E-state index in [0.717, 1.165) is 5.56 Å². The van der Waals surface area contributed by atoms with Gasteiger partial charge in [-0.2, -0.15) is 4.98 Å². The number of rotatable bonds is 3. The van der Waals surface area contributed by atoms with Gasteiger partial charge in [0.15, 0.2) is 0 Å². The van der Waals surface area contributed by atoms with Crippen LogP contribution in [0.1, 0.15) is 5.56 Å². The van der Waals surface area contributed by atoms with E-state index in [0.29, 0.717) is 27.4 Å². The number of anilines is 1. The van der Waals surface area contributed by atoms with E-state index in [4.69, 9.17) is 46.4 Å². The van der Waals surface area contributed by atoms with Crippen LogP contribution in [-0.2, 0) is 6.54 Å². The van der Waals surface area contributed by atoms with E-state index in [1.807, 2.05) is 6.07 Å². The summed E-state index contributed by atoms with van der Waals surface area (Å²) < 4.78 is 0. The molecule has 0 fully saturated rings. The summed E-state index contributed by atoms with van der Waals surface area (Å²) in [4.78, 5) is 7.74. The second-order valence-electron chi connectivity index (χ2n) is 3.42. The Morgan fingerprint density at radius 3 is 2.56 bits per heavy atom. The summed E-state index contributed by atoms with van der Waals surface area (Å²) in [5.74, 6) is 0.461. The smallest absolute Gasteiger partial charge is 0.224 e. The van der Waals surface area contributed by atoms with Crippen molar-refractivity contribution in [2.45, 2.75) is 6.54 Å². The van der Waals surface area contributed by atoms with Crippen molar-refractivity contribution in [1.82, 2.24) is 9.97 Å². The summed E-state index contributed by atoms with van der Waals surface area (Å²) >= 11 is 23.5. The zero-order valence-electron chi connectivity index (χ0n) is 8.92. The average molecular weight is 323 g/mol. The van der Waals surface area contributed by atoms with Crippen LogP contribution in [0.4, 0.5) is 5.82 Å². The van der Waals surface area contributed by atoms with Crippen LogP contribution < -0.4 is 5.32 Å². The fraction of sp³-hybridized carbons (Fsp3) is 0.0909. The normalized spacial score (nSPS) is 10.4. The summed E-state index contributed by atoms with van der Waals surface area (Å²) in [5.41, 5.74) is 0.881. The van der Waals surface area contributed by atoms with Gasteiger partial charge in [-0.3, -0.25) is 0 Å². The molecule has 0 aliphatic heterocycles. The fourth-order valence-electron chi connectivity index (χ4n) is 1.31. The van der Waals surface area contributed by atoms with Gasteiger partial charge >= 0.3 is 0 Å². The molecule has 0 atom stereocenters. The lowest BCUT2D eigenvalue weighted by Crippen LogP contribution is -2.03. The minimum absolute atomic E-state index is 0.129. The van der Waals surface area contributed by atoms with Gasteiger partial charge in [0.05, 0.1) is 6.20 Å². The van der Waals surface area contributed by atoms with Crippen LogP contribution in [0.15, 0.2) is 24.4 Å². The second-order valence-corrected chi connectivity index (χ2v) is 5.01. The largest absolute Gasteiger partial charge is 0.365 e. The summed E-state index contributed by atoms with van der Waals surface area (Å²) in [6.45, 7) is 0.461. The molecule has 0 aliphatic carbocycles. The minimum atomic E-state index is 0.129. The molecule has 2 rings (SSSR count). The maximum absolute atomic E-state index is 6.05. The third kappa shape index (κ3) is 3.39. The first-order valence-electron chi connectivity index (χ1n) is 4.92. The number of benzene rings is 1. The molecule has 1 heterocycles. The molecule has 0 bridgehead atoms. The molecule has 0 spiro atoms. The highest BCUT2D eigenvalue weighted by molar-refractivity contribution is 6.35. The molecule has 7 heteroatoms. The summed E-state index contributed by atoms with van der Waals surface area (Å²) in [5, 5.41) is 4.72. The highest BCUT2D eigenvalue weighted by atomic mass is 35.5. The standard InChI is InChI=1S/C11H7Cl4N3/c12-7-2-1-6(8(13)3-7)4-16-10-9(14)5-17-11(15)18-10/h1-3,5H,4H2,(H,16,17,18). The summed E-state index contributed by atoms with van der Waals surface area (Å²) in [6, 6.07) is 5.27. The van der Waals surface area contributed by atoms with E-state index in [-0.39, 0.29) is 5.28 Å². The highest BCUT2D eigenvalue weighted by Crippen LogP contribution is 2.24. The third-order valence-electron chi connectivity index (χ3n) is 2.18. The van der Waals surface area contributed by atoms with E-state index in [9.17, 15) is 0 Å². The first kappa shape index (κ1) is 13.7. The Hall–Kier alpha value is -0.740. The van der Waals surface area contributed by atoms with Gasteiger partial charge in [0.1, 0.15) is 10.8 Å². The monoisotopic (exact) mass is 321 g/mol. The van der Waals surface area contributed by atoms with E-state index in [1.54, 1.807) is 12.1 Å². The van der Waals surface area contributed by atoms with E-state index >= 15 is 0 Å². The number of nitrogens with one attached hydrogen (secondary N) is 1. The lowest BCUT2D eigenvalue weighted by molar-refractivity contribution is 1.08. The van der Waals surface area contributed by atoms with Gasteiger partial charge in [-0.1, -0.05) is 40.9 Å². The molecule has 18 heavy (non-hydrogen) atoms. The molecule has 1 aromatic heterocycles. The third-order valence-corrected chi connectivity index (χ3v) is 3.22. The Balaban J connectivity index is 2.13. The Morgan fingerprint density at radius 2 is 1.83 bits per heavy atom. The molecule has 0 amide bonds. The van der Waals surface area contributed by atoms with Crippen molar-refractivity contribution in [2.75, 3.05) is 5.32 Å². The molecule has 0 unspecified atom stereocenters. The second kappa shape index (κ2) is 5.93. The van der Waals surface area contributed by atoms with E-state index < -0.39 is 0 Å². The molecule has 0 saturated carbocycles. The van der Waals surface area contributed by atoms with Crippen LogP contribution >= 0.6 is 46.4 Å². The van der Waals surface area contributed by atoms with Gasteiger partial charge in [0.2, 0.25) is 5.28 Å². The Labute approximate surface area is 124 Å². The molecule has 94 valence electrons. The van der Waals surface area contributed by atoms with Crippen LogP contribution in [0.3, 0.4) is 0 Å². The molecular formula is C11H7Cl4N3. The van der Waals surface area contributed by atoms with Gasteiger partial charge in [0, 0.05) is 16.6 Å². The first-order chi connectivity index (χ1) is 8.56. The van der Waals surface area contributed by atoms with Gasteiger partial charge in [-0.05, 0) is 29.3 Å². The Bertz CT molecular complexity index is 574. The number of nitrogens with zero attached hydrogens (tertiary/aromatic N) is 2. The van der Waals surface area contributed by atoms with Crippen LogP contribution in [0.2, 0.25) is 20.4 Å². The first-order valence-corrected chi connectivity index (χ1v) is 6.43. The van der Waals surface area contributed by atoms with Gasteiger partial charge < -0.3 is 5.32 Å². The quantitative estimate of drug-likeness (QED) is 0.832.